The van der Waals surface area contributed by atoms with Gasteiger partial charge in [0.15, 0.2) is 11.2 Å². The summed E-state index contributed by atoms with van der Waals surface area (Å²) in [6.45, 7) is -0.475. The Hall–Kier alpha value is -3.64. The van der Waals surface area contributed by atoms with Gasteiger partial charge in [0.1, 0.15) is 5.82 Å². The van der Waals surface area contributed by atoms with Crippen LogP contribution < -0.4 is 4.90 Å². The molecule has 0 radical (unpaired) electrons. The maximum absolute atomic E-state index is 14.2. The van der Waals surface area contributed by atoms with Crippen LogP contribution in [-0.4, -0.2) is 54.4 Å². The van der Waals surface area contributed by atoms with Crippen LogP contribution in [0.15, 0.2) is 41.2 Å². The van der Waals surface area contributed by atoms with Crippen LogP contribution in [0.3, 0.4) is 0 Å². The molecule has 0 amide bonds. The molecular weight excluding hydrogens is 408 g/mol. The van der Waals surface area contributed by atoms with E-state index < -0.39 is 29.8 Å². The second-order valence-electron chi connectivity index (χ2n) is 6.88. The van der Waals surface area contributed by atoms with Gasteiger partial charge in [-0.2, -0.15) is 22.7 Å². The van der Waals surface area contributed by atoms with Crippen LogP contribution in [0.5, 0.6) is 0 Å². The summed E-state index contributed by atoms with van der Waals surface area (Å²) in [4.78, 5) is 9.55. The first-order chi connectivity index (χ1) is 14.4. The predicted molar refractivity (Wildman–Crippen MR) is 92.8 cm³/mol. The number of fused-ring (bicyclic) bond motifs is 1. The molecule has 0 spiro atoms. The van der Waals surface area contributed by atoms with Crippen molar-refractivity contribution in [3.63, 3.8) is 0 Å². The first-order valence-corrected chi connectivity index (χ1v) is 8.82. The standard InChI is InChI=1S/C17H12F4N8O/c18-11-3-1-2-10(8-11)12-23-15(30-25-12)16(17(19,20)21)4-6-28(9-16)13-14-24-26-27-29(14)7-5-22-13/h1-3,5,7-8H,4,6,9H2. The van der Waals surface area contributed by atoms with E-state index in [0.29, 0.717) is 0 Å². The number of nitrogens with zero attached hydrogens (tertiary/aromatic N) is 8. The normalized spacial score (nSPS) is 19.7. The van der Waals surface area contributed by atoms with E-state index in [2.05, 4.69) is 30.7 Å². The topological polar surface area (TPSA) is 98.1 Å². The minimum atomic E-state index is -4.68. The van der Waals surface area contributed by atoms with Crippen molar-refractivity contribution >= 4 is 11.5 Å². The Labute approximate surface area is 165 Å². The third-order valence-electron chi connectivity index (χ3n) is 5.13. The fourth-order valence-electron chi connectivity index (χ4n) is 3.57. The Morgan fingerprint density at radius 1 is 1.20 bits per heavy atom. The Morgan fingerprint density at radius 2 is 2.07 bits per heavy atom. The van der Waals surface area contributed by atoms with Gasteiger partial charge < -0.3 is 9.42 Å². The van der Waals surface area contributed by atoms with Crippen LogP contribution in [0.25, 0.3) is 17.0 Å². The number of aromatic nitrogens is 7. The zero-order chi connectivity index (χ0) is 20.9. The molecule has 1 aliphatic rings. The monoisotopic (exact) mass is 420 g/mol. The average molecular weight is 420 g/mol. The molecular formula is C17H12F4N8O. The molecule has 0 aliphatic carbocycles. The SMILES string of the molecule is Fc1cccc(-c2noc(C3(C(F)(F)F)CCN(c4nccn5nnnc45)C3)n2)c1. The van der Waals surface area contributed by atoms with Crippen LogP contribution in [0.4, 0.5) is 23.4 Å². The number of anilines is 1. The van der Waals surface area contributed by atoms with Crippen LogP contribution in [0.2, 0.25) is 0 Å². The largest absolute Gasteiger partial charge is 0.405 e. The van der Waals surface area contributed by atoms with E-state index >= 15 is 0 Å². The molecule has 0 saturated carbocycles. The molecule has 5 rings (SSSR count). The van der Waals surface area contributed by atoms with E-state index in [9.17, 15) is 17.6 Å². The molecule has 1 atom stereocenters. The van der Waals surface area contributed by atoms with Gasteiger partial charge in [0, 0.05) is 24.8 Å². The molecule has 1 fully saturated rings. The van der Waals surface area contributed by atoms with Crippen molar-refractivity contribution in [1.82, 2.24) is 35.2 Å². The zero-order valence-corrected chi connectivity index (χ0v) is 15.1. The van der Waals surface area contributed by atoms with Crippen molar-refractivity contribution in [2.75, 3.05) is 18.0 Å². The van der Waals surface area contributed by atoms with E-state index in [-0.39, 0.29) is 35.8 Å². The number of halogens is 4. The lowest BCUT2D eigenvalue weighted by Gasteiger charge is -2.28. The number of hydrogen-bond donors (Lipinski definition) is 0. The number of tetrazole rings is 1. The summed E-state index contributed by atoms with van der Waals surface area (Å²) in [6.07, 6.45) is -2.10. The summed E-state index contributed by atoms with van der Waals surface area (Å²) in [5.74, 6) is -1.03. The van der Waals surface area contributed by atoms with Gasteiger partial charge in [-0.05, 0) is 29.0 Å². The van der Waals surface area contributed by atoms with Crippen LogP contribution >= 0.6 is 0 Å². The van der Waals surface area contributed by atoms with E-state index in [1.54, 1.807) is 0 Å². The Kier molecular flexibility index (Phi) is 3.95. The third kappa shape index (κ3) is 2.76. The highest BCUT2D eigenvalue weighted by atomic mass is 19.4. The number of hydrogen-bond acceptors (Lipinski definition) is 8. The molecule has 1 saturated heterocycles. The highest BCUT2D eigenvalue weighted by Gasteiger charge is 2.63. The number of benzene rings is 1. The lowest BCUT2D eigenvalue weighted by molar-refractivity contribution is -0.191. The maximum Gasteiger partial charge on any atom is 0.405 e. The van der Waals surface area contributed by atoms with Gasteiger partial charge in [-0.3, -0.25) is 0 Å². The van der Waals surface area contributed by atoms with E-state index in [4.69, 9.17) is 4.52 Å². The van der Waals surface area contributed by atoms with Crippen molar-refractivity contribution in [2.45, 2.75) is 18.0 Å². The van der Waals surface area contributed by atoms with Gasteiger partial charge in [-0.15, -0.1) is 5.10 Å². The molecule has 1 aromatic carbocycles. The van der Waals surface area contributed by atoms with Crippen LogP contribution in [0, 0.1) is 5.82 Å². The fraction of sp³-hybridized carbons (Fsp3) is 0.294. The molecule has 4 heterocycles. The first kappa shape index (κ1) is 18.4. The molecule has 1 unspecified atom stereocenters. The highest BCUT2D eigenvalue weighted by molar-refractivity contribution is 5.64. The molecule has 30 heavy (non-hydrogen) atoms. The minimum Gasteiger partial charge on any atom is -0.352 e. The van der Waals surface area contributed by atoms with Crippen molar-refractivity contribution in [3.05, 3.63) is 48.4 Å². The molecule has 13 heteroatoms. The van der Waals surface area contributed by atoms with Crippen LogP contribution in [-0.2, 0) is 5.41 Å². The van der Waals surface area contributed by atoms with Gasteiger partial charge in [-0.1, -0.05) is 17.3 Å². The zero-order valence-electron chi connectivity index (χ0n) is 15.1. The summed E-state index contributed by atoms with van der Waals surface area (Å²) < 4.78 is 62.5. The van der Waals surface area contributed by atoms with Gasteiger partial charge >= 0.3 is 6.18 Å². The third-order valence-corrected chi connectivity index (χ3v) is 5.13. The van der Waals surface area contributed by atoms with Gasteiger partial charge in [0.2, 0.25) is 17.4 Å². The van der Waals surface area contributed by atoms with E-state index in [1.807, 2.05) is 0 Å². The fourth-order valence-corrected chi connectivity index (χ4v) is 3.57. The second-order valence-corrected chi connectivity index (χ2v) is 6.88. The lowest BCUT2D eigenvalue weighted by atomic mass is 9.86. The summed E-state index contributed by atoms with van der Waals surface area (Å²) in [5.41, 5.74) is -1.95. The molecule has 1 aliphatic heterocycles. The summed E-state index contributed by atoms with van der Waals surface area (Å²) in [7, 11) is 0. The molecule has 154 valence electrons. The molecule has 9 nitrogen and oxygen atoms in total. The van der Waals surface area contributed by atoms with Crippen molar-refractivity contribution < 1.29 is 22.1 Å². The summed E-state index contributed by atoms with van der Waals surface area (Å²) >= 11 is 0. The summed E-state index contributed by atoms with van der Waals surface area (Å²) in [5, 5.41) is 14.7. The average Bonchev–Trinajstić information content (AvgIpc) is 3.45. The molecule has 3 aromatic heterocycles. The minimum absolute atomic E-state index is 0.0245. The van der Waals surface area contributed by atoms with Gasteiger partial charge in [-0.25, -0.2) is 9.37 Å². The van der Waals surface area contributed by atoms with Crippen LogP contribution in [0.1, 0.15) is 12.3 Å². The van der Waals surface area contributed by atoms with Crippen molar-refractivity contribution in [2.24, 2.45) is 0 Å². The summed E-state index contributed by atoms with van der Waals surface area (Å²) in [6, 6.07) is 5.24. The smallest absolute Gasteiger partial charge is 0.352 e. The first-order valence-electron chi connectivity index (χ1n) is 8.82. The molecule has 4 aromatic rings. The number of alkyl halides is 3. The molecule has 0 N–H and O–H groups in total. The molecule has 0 bridgehead atoms. The highest BCUT2D eigenvalue weighted by Crippen LogP contribution is 2.48. The van der Waals surface area contributed by atoms with Gasteiger partial charge in [0.25, 0.3) is 0 Å². The van der Waals surface area contributed by atoms with Crippen molar-refractivity contribution in [3.8, 4) is 11.4 Å². The Bertz CT molecular complexity index is 1220. The van der Waals surface area contributed by atoms with Gasteiger partial charge in [0.05, 0.1) is 6.20 Å². The number of rotatable bonds is 3. The quantitative estimate of drug-likeness (QED) is 0.466. The Morgan fingerprint density at radius 3 is 2.87 bits per heavy atom. The predicted octanol–water partition coefficient (Wildman–Crippen LogP) is 2.42. The second kappa shape index (κ2) is 6.43. The van der Waals surface area contributed by atoms with E-state index in [0.717, 1.165) is 6.07 Å². The Balaban J connectivity index is 1.54. The maximum atomic E-state index is 14.2. The van der Waals surface area contributed by atoms with Crippen molar-refractivity contribution in [1.29, 1.82) is 0 Å². The lowest BCUT2D eigenvalue weighted by Crippen LogP contribution is -2.45. The van der Waals surface area contributed by atoms with E-state index in [1.165, 1.54) is 40.0 Å².